The fourth-order valence-electron chi connectivity index (χ4n) is 2.03. The zero-order valence-electron chi connectivity index (χ0n) is 7.99. The molecule has 1 aliphatic rings. The van der Waals surface area contributed by atoms with Crippen molar-refractivity contribution in [2.24, 2.45) is 13.0 Å². The lowest BCUT2D eigenvalue weighted by molar-refractivity contribution is -0.723. The van der Waals surface area contributed by atoms with Crippen molar-refractivity contribution >= 4 is 0 Å². The van der Waals surface area contributed by atoms with Gasteiger partial charge < -0.3 is 0 Å². The molecule has 1 aromatic heterocycles. The van der Waals surface area contributed by atoms with Crippen LogP contribution < -0.4 is 4.57 Å². The first-order chi connectivity index (χ1) is 5.68. The van der Waals surface area contributed by atoms with Gasteiger partial charge in [-0.2, -0.15) is 0 Å². The van der Waals surface area contributed by atoms with Crippen molar-refractivity contribution in [2.45, 2.75) is 32.7 Å². The Morgan fingerprint density at radius 2 is 2.42 bits per heavy atom. The molecule has 0 radical (unpaired) electrons. The molecule has 1 atom stereocenters. The standard InChI is InChI=1S/C9H16N3/c1-7(2)8-4-5-9-10-11(3)6-12(8)9/h6-8H,4-5H2,1-3H3/q+1/t8-/m1/s1. The van der Waals surface area contributed by atoms with E-state index in [1.54, 1.807) is 0 Å². The minimum Gasteiger partial charge on any atom is -0.232 e. The van der Waals surface area contributed by atoms with Crippen molar-refractivity contribution in [2.75, 3.05) is 0 Å². The number of aryl methyl sites for hydroxylation is 2. The normalized spacial score (nSPS) is 21.8. The van der Waals surface area contributed by atoms with Crippen molar-refractivity contribution in [1.82, 2.24) is 9.78 Å². The summed E-state index contributed by atoms with van der Waals surface area (Å²) < 4.78 is 4.23. The highest BCUT2D eigenvalue weighted by Gasteiger charge is 2.32. The molecule has 0 saturated carbocycles. The Bertz CT molecular complexity index is 288. The van der Waals surface area contributed by atoms with Crippen LogP contribution in [0.25, 0.3) is 0 Å². The molecule has 3 heteroatoms. The Labute approximate surface area is 73.0 Å². The lowest BCUT2D eigenvalue weighted by Crippen LogP contribution is -2.38. The highest BCUT2D eigenvalue weighted by molar-refractivity contribution is 4.80. The molecule has 1 aliphatic heterocycles. The predicted molar refractivity (Wildman–Crippen MR) is 45.6 cm³/mol. The summed E-state index contributed by atoms with van der Waals surface area (Å²) >= 11 is 0. The smallest absolute Gasteiger partial charge is 0.232 e. The van der Waals surface area contributed by atoms with E-state index in [4.69, 9.17) is 0 Å². The van der Waals surface area contributed by atoms with Gasteiger partial charge in [0.1, 0.15) is 0 Å². The average molecular weight is 166 g/mol. The molecule has 0 spiro atoms. The number of nitrogens with zero attached hydrogens (tertiary/aromatic N) is 3. The third-order valence-electron chi connectivity index (χ3n) is 2.65. The van der Waals surface area contributed by atoms with Gasteiger partial charge in [0, 0.05) is 11.5 Å². The molecule has 2 rings (SSSR count). The van der Waals surface area contributed by atoms with E-state index in [9.17, 15) is 0 Å². The molecule has 3 nitrogen and oxygen atoms in total. The number of fused-ring (bicyclic) bond motifs is 1. The topological polar surface area (TPSA) is 21.7 Å². The summed E-state index contributed by atoms with van der Waals surface area (Å²) in [6.45, 7) is 4.56. The largest absolute Gasteiger partial charge is 0.277 e. The van der Waals surface area contributed by atoms with Crippen LogP contribution >= 0.6 is 0 Å². The zero-order valence-corrected chi connectivity index (χ0v) is 7.99. The first-order valence-corrected chi connectivity index (χ1v) is 4.62. The van der Waals surface area contributed by atoms with Crippen LogP contribution in [0, 0.1) is 5.92 Å². The Balaban J connectivity index is 2.34. The first kappa shape index (κ1) is 7.77. The van der Waals surface area contributed by atoms with Crippen molar-refractivity contribution in [1.29, 1.82) is 0 Å². The Morgan fingerprint density at radius 1 is 1.67 bits per heavy atom. The van der Waals surface area contributed by atoms with Crippen LogP contribution in [0.5, 0.6) is 0 Å². The average Bonchev–Trinajstić information content (AvgIpc) is 2.43. The molecule has 0 aliphatic carbocycles. The van der Waals surface area contributed by atoms with Crippen molar-refractivity contribution in [3.8, 4) is 0 Å². The lowest BCUT2D eigenvalue weighted by Gasteiger charge is -2.11. The minimum absolute atomic E-state index is 0.675. The fourth-order valence-corrected chi connectivity index (χ4v) is 2.03. The minimum atomic E-state index is 0.675. The summed E-state index contributed by atoms with van der Waals surface area (Å²) in [5.74, 6) is 1.97. The van der Waals surface area contributed by atoms with Gasteiger partial charge in [0.05, 0.1) is 13.1 Å². The van der Waals surface area contributed by atoms with E-state index < -0.39 is 0 Å². The molecular weight excluding hydrogens is 150 g/mol. The van der Waals surface area contributed by atoms with E-state index in [0.29, 0.717) is 6.04 Å². The number of rotatable bonds is 1. The van der Waals surface area contributed by atoms with Gasteiger partial charge in [-0.15, -0.1) is 4.68 Å². The highest BCUT2D eigenvalue weighted by atomic mass is 15.4. The van der Waals surface area contributed by atoms with Crippen LogP contribution in [0.4, 0.5) is 0 Å². The van der Waals surface area contributed by atoms with Gasteiger partial charge in [0.15, 0.2) is 0 Å². The quantitative estimate of drug-likeness (QED) is 0.567. The summed E-state index contributed by atoms with van der Waals surface area (Å²) in [6, 6.07) is 0.675. The molecule has 0 unspecified atom stereocenters. The van der Waals surface area contributed by atoms with E-state index in [0.717, 1.165) is 12.3 Å². The second kappa shape index (κ2) is 2.57. The van der Waals surface area contributed by atoms with Crippen LogP contribution in [-0.4, -0.2) is 9.78 Å². The summed E-state index contributed by atoms with van der Waals surface area (Å²) in [4.78, 5) is 0. The molecule has 0 saturated heterocycles. The third-order valence-corrected chi connectivity index (χ3v) is 2.65. The number of hydrogen-bond acceptors (Lipinski definition) is 1. The molecular formula is C9H16N3+. The van der Waals surface area contributed by atoms with Gasteiger partial charge in [0.2, 0.25) is 6.33 Å². The van der Waals surface area contributed by atoms with E-state index in [1.165, 1.54) is 12.2 Å². The molecule has 2 heterocycles. The fraction of sp³-hybridized carbons (Fsp3) is 0.778. The maximum absolute atomic E-state index is 4.40. The Hall–Kier alpha value is -0.860. The summed E-state index contributed by atoms with van der Waals surface area (Å²) in [5.41, 5.74) is 0. The van der Waals surface area contributed by atoms with Crippen LogP contribution in [0.2, 0.25) is 0 Å². The summed E-state index contributed by atoms with van der Waals surface area (Å²) in [5, 5.41) is 4.40. The van der Waals surface area contributed by atoms with Crippen LogP contribution in [0.3, 0.4) is 0 Å². The van der Waals surface area contributed by atoms with Crippen molar-refractivity contribution in [3.05, 3.63) is 12.2 Å². The Morgan fingerprint density at radius 3 is 3.08 bits per heavy atom. The van der Waals surface area contributed by atoms with E-state index in [1.807, 2.05) is 11.7 Å². The van der Waals surface area contributed by atoms with Gasteiger partial charge in [-0.25, -0.2) is 4.57 Å². The summed E-state index contributed by atoms with van der Waals surface area (Å²) in [7, 11) is 1.99. The molecule has 0 bridgehead atoms. The molecule has 12 heavy (non-hydrogen) atoms. The lowest BCUT2D eigenvalue weighted by atomic mass is 10.0. The van der Waals surface area contributed by atoms with Crippen molar-refractivity contribution in [3.63, 3.8) is 0 Å². The number of aromatic nitrogens is 3. The van der Waals surface area contributed by atoms with Gasteiger partial charge in [-0.1, -0.05) is 13.8 Å². The monoisotopic (exact) mass is 166 g/mol. The van der Waals surface area contributed by atoms with Crippen molar-refractivity contribution < 1.29 is 4.57 Å². The van der Waals surface area contributed by atoms with Gasteiger partial charge >= 0.3 is 0 Å². The number of hydrogen-bond donors (Lipinski definition) is 0. The highest BCUT2D eigenvalue weighted by Crippen LogP contribution is 2.22. The molecule has 0 aromatic carbocycles. The molecule has 0 amide bonds. The van der Waals surface area contributed by atoms with Gasteiger partial charge in [-0.3, -0.25) is 0 Å². The second-order valence-electron chi connectivity index (χ2n) is 3.96. The molecule has 66 valence electrons. The second-order valence-corrected chi connectivity index (χ2v) is 3.96. The van der Waals surface area contributed by atoms with E-state index in [-0.39, 0.29) is 0 Å². The maximum Gasteiger partial charge on any atom is 0.277 e. The first-order valence-electron chi connectivity index (χ1n) is 4.62. The third kappa shape index (κ3) is 1.04. The van der Waals surface area contributed by atoms with E-state index in [2.05, 4.69) is 29.8 Å². The maximum atomic E-state index is 4.40. The SMILES string of the molecule is CC(C)[C@H]1CCc2nn(C)c[n+]21. The van der Waals surface area contributed by atoms with Gasteiger partial charge in [-0.05, 0) is 12.3 Å². The predicted octanol–water partition coefficient (Wildman–Crippen LogP) is 0.851. The van der Waals surface area contributed by atoms with E-state index >= 15 is 0 Å². The molecule has 0 N–H and O–H groups in total. The van der Waals surface area contributed by atoms with Gasteiger partial charge in [0.25, 0.3) is 5.82 Å². The molecule has 0 fully saturated rings. The van der Waals surface area contributed by atoms with Crippen LogP contribution in [0.1, 0.15) is 32.1 Å². The van der Waals surface area contributed by atoms with Crippen LogP contribution in [0.15, 0.2) is 6.33 Å². The molecule has 1 aromatic rings. The Kier molecular flexibility index (Phi) is 1.67. The summed E-state index contributed by atoms with van der Waals surface area (Å²) in [6.07, 6.45) is 4.51. The van der Waals surface area contributed by atoms with Crippen LogP contribution in [-0.2, 0) is 13.5 Å². The zero-order chi connectivity index (χ0) is 8.72.